The van der Waals surface area contributed by atoms with Gasteiger partial charge in [-0.25, -0.2) is 4.98 Å². The highest BCUT2D eigenvalue weighted by molar-refractivity contribution is 5.95. The van der Waals surface area contributed by atoms with Gasteiger partial charge in [0.25, 0.3) is 5.91 Å². The van der Waals surface area contributed by atoms with Gasteiger partial charge in [0.15, 0.2) is 0 Å². The van der Waals surface area contributed by atoms with Gasteiger partial charge in [-0.15, -0.1) is 0 Å². The Bertz CT molecular complexity index is 1250. The van der Waals surface area contributed by atoms with E-state index < -0.39 is 0 Å². The second kappa shape index (κ2) is 8.73. The van der Waals surface area contributed by atoms with Crippen LogP contribution in [0.4, 0.5) is 0 Å². The first kappa shape index (κ1) is 21.2. The number of carbonyl (C=O) groups excluding carboxylic acids is 1. The van der Waals surface area contributed by atoms with Crippen molar-refractivity contribution >= 4 is 16.9 Å². The minimum Gasteiger partial charge on any atom is -0.496 e. The second-order valence-corrected chi connectivity index (χ2v) is 8.82. The molecular weight excluding hydrogens is 414 g/mol. The molecular formula is C26H29N5O2. The summed E-state index contributed by atoms with van der Waals surface area (Å²) in [5, 5.41) is 4.29. The number of methoxy groups -OCH3 is 1. The number of aryl methyl sites for hydroxylation is 2. The highest BCUT2D eigenvalue weighted by Crippen LogP contribution is 2.33. The van der Waals surface area contributed by atoms with E-state index >= 15 is 0 Å². The molecule has 0 bridgehead atoms. The molecule has 1 saturated heterocycles. The van der Waals surface area contributed by atoms with Crippen LogP contribution in [0, 0.1) is 13.8 Å². The van der Waals surface area contributed by atoms with Gasteiger partial charge in [0.2, 0.25) is 0 Å². The predicted octanol–water partition coefficient (Wildman–Crippen LogP) is 4.80. The number of nitrogens with zero attached hydrogens (tertiary/aromatic N) is 4. The number of fused-ring (bicyclic) bond motifs is 1. The van der Waals surface area contributed by atoms with E-state index in [-0.39, 0.29) is 11.9 Å². The Hall–Kier alpha value is -3.61. The van der Waals surface area contributed by atoms with Gasteiger partial charge in [0, 0.05) is 30.1 Å². The Morgan fingerprint density at radius 3 is 2.82 bits per heavy atom. The number of ether oxygens (including phenoxy) is 1. The van der Waals surface area contributed by atoms with Crippen molar-refractivity contribution in [3.05, 3.63) is 76.9 Å². The Morgan fingerprint density at radius 1 is 1.18 bits per heavy atom. The molecule has 2 aromatic carbocycles. The molecule has 7 heteroatoms. The zero-order valence-corrected chi connectivity index (χ0v) is 19.3. The van der Waals surface area contributed by atoms with Gasteiger partial charge in [-0.1, -0.05) is 0 Å². The Balaban J connectivity index is 1.46. The van der Waals surface area contributed by atoms with Gasteiger partial charge in [-0.2, -0.15) is 5.10 Å². The lowest BCUT2D eigenvalue weighted by Crippen LogP contribution is -2.39. The number of amides is 1. The van der Waals surface area contributed by atoms with Crippen LogP contribution in [0.3, 0.4) is 0 Å². The van der Waals surface area contributed by atoms with E-state index in [1.807, 2.05) is 40.0 Å². The largest absolute Gasteiger partial charge is 0.496 e. The van der Waals surface area contributed by atoms with Gasteiger partial charge in [0.05, 0.1) is 30.7 Å². The number of imidazole rings is 1. The van der Waals surface area contributed by atoms with Gasteiger partial charge in [0.1, 0.15) is 11.6 Å². The fourth-order valence-electron chi connectivity index (χ4n) is 4.68. The van der Waals surface area contributed by atoms with Crippen molar-refractivity contribution in [2.45, 2.75) is 45.7 Å². The molecule has 3 heterocycles. The zero-order chi connectivity index (χ0) is 22.9. The molecule has 170 valence electrons. The summed E-state index contributed by atoms with van der Waals surface area (Å²) in [4.78, 5) is 24.0. The Morgan fingerprint density at radius 2 is 2.03 bits per heavy atom. The molecule has 1 aliphatic heterocycles. The van der Waals surface area contributed by atoms with E-state index in [0.717, 1.165) is 54.0 Å². The van der Waals surface area contributed by atoms with Crippen LogP contribution < -0.4 is 4.74 Å². The summed E-state index contributed by atoms with van der Waals surface area (Å²) in [6.45, 7) is 5.47. The molecule has 4 aromatic rings. The lowest BCUT2D eigenvalue weighted by Gasteiger charge is -2.34. The molecule has 1 N–H and O–H groups in total. The number of aromatic amines is 1. The molecule has 0 saturated carbocycles. The highest BCUT2D eigenvalue weighted by Gasteiger charge is 2.31. The van der Waals surface area contributed by atoms with Crippen LogP contribution in [-0.4, -0.2) is 44.2 Å². The van der Waals surface area contributed by atoms with E-state index in [0.29, 0.717) is 12.1 Å². The smallest absolute Gasteiger partial charge is 0.254 e. The first-order chi connectivity index (χ1) is 16.0. The van der Waals surface area contributed by atoms with E-state index in [1.54, 1.807) is 13.3 Å². The maximum absolute atomic E-state index is 13.7. The topological polar surface area (TPSA) is 76.0 Å². The maximum Gasteiger partial charge on any atom is 0.254 e. The van der Waals surface area contributed by atoms with Crippen LogP contribution in [0.5, 0.6) is 5.75 Å². The zero-order valence-electron chi connectivity index (χ0n) is 19.3. The van der Waals surface area contributed by atoms with Gasteiger partial charge in [-0.05, 0) is 80.6 Å². The van der Waals surface area contributed by atoms with Crippen molar-refractivity contribution < 1.29 is 9.53 Å². The molecule has 0 unspecified atom stereocenters. The lowest BCUT2D eigenvalue weighted by atomic mass is 9.99. The summed E-state index contributed by atoms with van der Waals surface area (Å²) in [5.74, 6) is 1.64. The second-order valence-electron chi connectivity index (χ2n) is 8.82. The van der Waals surface area contributed by atoms with Crippen molar-refractivity contribution in [2.24, 2.45) is 0 Å². The number of piperidine rings is 1. The number of hydrogen-bond donors (Lipinski definition) is 1. The lowest BCUT2D eigenvalue weighted by molar-refractivity contribution is 0.0601. The maximum atomic E-state index is 13.7. The normalized spacial score (nSPS) is 16.3. The number of aromatic nitrogens is 4. The molecule has 1 amide bonds. The number of hydrogen-bond acceptors (Lipinski definition) is 4. The van der Waals surface area contributed by atoms with E-state index in [2.05, 4.69) is 36.1 Å². The van der Waals surface area contributed by atoms with Crippen molar-refractivity contribution in [1.29, 1.82) is 0 Å². The standard InChI is InChI=1S/C26H29N5O2/c1-17-13-21-22(14-18(17)2)29-25(28-21)23-7-4-5-12-31(23)26(32)19-8-9-24(33-3)20(15-19)16-30-11-6-10-27-30/h6,8-11,13-15,23H,4-5,7,12,16H2,1-3H3,(H,28,29)/t23-/m1/s1. The minimum absolute atomic E-state index is 0.0249. The van der Waals surface area contributed by atoms with Crippen LogP contribution >= 0.6 is 0 Å². The van der Waals surface area contributed by atoms with Crippen molar-refractivity contribution in [3.63, 3.8) is 0 Å². The number of rotatable bonds is 5. The molecule has 1 fully saturated rings. The molecule has 1 aliphatic rings. The average Bonchev–Trinajstić information content (AvgIpc) is 3.48. The summed E-state index contributed by atoms with van der Waals surface area (Å²) >= 11 is 0. The third kappa shape index (κ3) is 4.11. The van der Waals surface area contributed by atoms with Gasteiger partial charge < -0.3 is 14.6 Å². The monoisotopic (exact) mass is 443 g/mol. The molecule has 2 aromatic heterocycles. The van der Waals surface area contributed by atoms with Crippen LogP contribution in [0.15, 0.2) is 48.8 Å². The van der Waals surface area contributed by atoms with Crippen molar-refractivity contribution in [2.75, 3.05) is 13.7 Å². The molecule has 7 nitrogen and oxygen atoms in total. The minimum atomic E-state index is -0.0593. The van der Waals surface area contributed by atoms with Crippen molar-refractivity contribution in [1.82, 2.24) is 24.6 Å². The Kier molecular flexibility index (Phi) is 5.62. The first-order valence-corrected chi connectivity index (χ1v) is 11.5. The number of nitrogens with one attached hydrogen (secondary N) is 1. The van der Waals surface area contributed by atoms with Crippen LogP contribution in [0.1, 0.15) is 58.2 Å². The Labute approximate surface area is 193 Å². The quantitative estimate of drug-likeness (QED) is 0.481. The highest BCUT2D eigenvalue weighted by atomic mass is 16.5. The van der Waals surface area contributed by atoms with Crippen LogP contribution in [-0.2, 0) is 6.54 Å². The fourth-order valence-corrected chi connectivity index (χ4v) is 4.68. The first-order valence-electron chi connectivity index (χ1n) is 11.5. The van der Waals surface area contributed by atoms with Crippen LogP contribution in [0.25, 0.3) is 11.0 Å². The molecule has 1 atom stereocenters. The third-order valence-corrected chi connectivity index (χ3v) is 6.61. The molecule has 5 rings (SSSR count). The fraction of sp³-hybridized carbons (Fsp3) is 0.346. The summed E-state index contributed by atoms with van der Waals surface area (Å²) in [5.41, 5.74) is 6.02. The van der Waals surface area contributed by atoms with E-state index in [9.17, 15) is 4.79 Å². The number of carbonyl (C=O) groups is 1. The summed E-state index contributed by atoms with van der Waals surface area (Å²) in [6.07, 6.45) is 6.63. The summed E-state index contributed by atoms with van der Waals surface area (Å²) in [6, 6.07) is 11.7. The number of H-pyrrole nitrogens is 1. The molecule has 0 radical (unpaired) electrons. The van der Waals surface area contributed by atoms with E-state index in [1.165, 1.54) is 11.1 Å². The number of benzene rings is 2. The predicted molar refractivity (Wildman–Crippen MR) is 128 cm³/mol. The van der Waals surface area contributed by atoms with Gasteiger partial charge >= 0.3 is 0 Å². The molecule has 0 aliphatic carbocycles. The van der Waals surface area contributed by atoms with Crippen LogP contribution in [0.2, 0.25) is 0 Å². The summed E-state index contributed by atoms with van der Waals surface area (Å²) in [7, 11) is 1.65. The molecule has 0 spiro atoms. The number of likely N-dealkylation sites (tertiary alicyclic amines) is 1. The summed E-state index contributed by atoms with van der Waals surface area (Å²) < 4.78 is 7.36. The van der Waals surface area contributed by atoms with E-state index in [4.69, 9.17) is 9.72 Å². The SMILES string of the molecule is COc1ccc(C(=O)N2CCCC[C@@H]2c2nc3cc(C)c(C)cc3[nH]2)cc1Cn1cccn1. The third-order valence-electron chi connectivity index (χ3n) is 6.61. The van der Waals surface area contributed by atoms with Gasteiger partial charge in [-0.3, -0.25) is 9.48 Å². The molecule has 33 heavy (non-hydrogen) atoms. The van der Waals surface area contributed by atoms with Crippen molar-refractivity contribution in [3.8, 4) is 5.75 Å². The average molecular weight is 444 g/mol.